The van der Waals surface area contributed by atoms with E-state index in [2.05, 4.69) is 4.98 Å². The van der Waals surface area contributed by atoms with Gasteiger partial charge in [0.25, 0.3) is 5.69 Å². The van der Waals surface area contributed by atoms with Crippen LogP contribution in [0.15, 0.2) is 51.8 Å². The minimum Gasteiger partial charge on any atom is -0.439 e. The van der Waals surface area contributed by atoms with Crippen LogP contribution in [0.2, 0.25) is 0 Å². The number of fused-ring (bicyclic) bond motifs is 1. The van der Waals surface area contributed by atoms with Crippen LogP contribution in [-0.2, 0) is 6.42 Å². The molecule has 23 heavy (non-hydrogen) atoms. The normalized spacial score (nSPS) is 10.7. The molecule has 2 heterocycles. The third-order valence-corrected chi connectivity index (χ3v) is 3.34. The zero-order valence-electron chi connectivity index (χ0n) is 12.2. The molecule has 7 nitrogen and oxygen atoms in total. The number of nitrogens with zero attached hydrogens (tertiary/aromatic N) is 2. The molecule has 0 aliphatic rings. The van der Waals surface area contributed by atoms with Crippen LogP contribution in [0, 0.1) is 10.1 Å². The molecular formula is C16H12N2O5. The van der Waals surface area contributed by atoms with E-state index in [-0.39, 0.29) is 11.6 Å². The lowest BCUT2D eigenvalue weighted by Crippen LogP contribution is -2.00. The number of hydrogen-bond acceptors (Lipinski definition) is 6. The van der Waals surface area contributed by atoms with E-state index in [1.165, 1.54) is 18.2 Å². The van der Waals surface area contributed by atoms with Gasteiger partial charge in [0, 0.05) is 29.7 Å². The fraction of sp³-hybridized carbons (Fsp3) is 0.125. The number of nitro groups is 1. The Balaban J connectivity index is 1.94. The maximum Gasteiger partial charge on any atom is 0.336 e. The van der Waals surface area contributed by atoms with E-state index in [9.17, 15) is 14.9 Å². The molecule has 2 aromatic heterocycles. The highest BCUT2D eigenvalue weighted by Gasteiger charge is 2.09. The van der Waals surface area contributed by atoms with Crippen molar-refractivity contribution in [2.45, 2.75) is 13.3 Å². The maximum atomic E-state index is 11.6. The van der Waals surface area contributed by atoms with Crippen molar-refractivity contribution in [2.24, 2.45) is 0 Å². The van der Waals surface area contributed by atoms with Crippen LogP contribution >= 0.6 is 0 Å². The molecule has 0 atom stereocenters. The lowest BCUT2D eigenvalue weighted by atomic mass is 10.1. The zero-order chi connectivity index (χ0) is 16.4. The lowest BCUT2D eigenvalue weighted by Gasteiger charge is -2.07. The van der Waals surface area contributed by atoms with E-state index in [1.807, 2.05) is 6.92 Å². The molecule has 0 saturated heterocycles. The summed E-state index contributed by atoms with van der Waals surface area (Å²) in [6.45, 7) is 1.96. The molecule has 0 fully saturated rings. The summed E-state index contributed by atoms with van der Waals surface area (Å²) in [6.07, 6.45) is 1.83. The summed E-state index contributed by atoms with van der Waals surface area (Å²) >= 11 is 0. The summed E-state index contributed by atoms with van der Waals surface area (Å²) in [6, 6.07) is 9.31. The van der Waals surface area contributed by atoms with Gasteiger partial charge in [0.15, 0.2) is 0 Å². The first-order valence-corrected chi connectivity index (χ1v) is 6.92. The Kier molecular flexibility index (Phi) is 3.76. The molecule has 0 radical (unpaired) electrons. The Labute approximate surface area is 130 Å². The third-order valence-electron chi connectivity index (χ3n) is 3.34. The molecule has 0 spiro atoms. The molecule has 0 aliphatic heterocycles. The molecule has 3 rings (SSSR count). The summed E-state index contributed by atoms with van der Waals surface area (Å²) in [5.74, 6) is 0.638. The van der Waals surface area contributed by atoms with Gasteiger partial charge in [-0.25, -0.2) is 9.78 Å². The SMILES string of the molecule is CCc1cc(=O)oc2cc(Oc3ccc([N+](=O)[O-])cn3)ccc12. The molecule has 7 heteroatoms. The van der Waals surface area contributed by atoms with Gasteiger partial charge in [0.2, 0.25) is 5.88 Å². The van der Waals surface area contributed by atoms with E-state index in [4.69, 9.17) is 9.15 Å². The van der Waals surface area contributed by atoms with Crippen molar-refractivity contribution in [3.05, 3.63) is 68.7 Å². The molecule has 1 aromatic carbocycles. The van der Waals surface area contributed by atoms with E-state index < -0.39 is 10.5 Å². The van der Waals surface area contributed by atoms with Crippen molar-refractivity contribution < 1.29 is 14.1 Å². The zero-order valence-corrected chi connectivity index (χ0v) is 12.2. The fourth-order valence-corrected chi connectivity index (χ4v) is 2.23. The highest BCUT2D eigenvalue weighted by molar-refractivity contribution is 5.81. The van der Waals surface area contributed by atoms with E-state index in [0.717, 1.165) is 17.1 Å². The molecule has 0 saturated carbocycles. The Morgan fingerprint density at radius 3 is 2.74 bits per heavy atom. The van der Waals surface area contributed by atoms with E-state index in [1.54, 1.807) is 18.2 Å². The topological polar surface area (TPSA) is 95.5 Å². The highest BCUT2D eigenvalue weighted by atomic mass is 16.6. The molecule has 0 aliphatic carbocycles. The quantitative estimate of drug-likeness (QED) is 0.416. The predicted octanol–water partition coefficient (Wildman–Crippen LogP) is 3.45. The summed E-state index contributed by atoms with van der Waals surface area (Å²) < 4.78 is 10.7. The largest absolute Gasteiger partial charge is 0.439 e. The van der Waals surface area contributed by atoms with E-state index in [0.29, 0.717) is 17.8 Å². The average molecular weight is 312 g/mol. The molecule has 0 amide bonds. The first-order chi connectivity index (χ1) is 11.1. The second-order valence-electron chi connectivity index (χ2n) is 4.82. The Morgan fingerprint density at radius 2 is 2.09 bits per heavy atom. The first-order valence-electron chi connectivity index (χ1n) is 6.92. The van der Waals surface area contributed by atoms with Gasteiger partial charge < -0.3 is 9.15 Å². The third kappa shape index (κ3) is 3.03. The average Bonchev–Trinajstić information content (AvgIpc) is 2.54. The molecule has 0 bridgehead atoms. The first kappa shape index (κ1) is 14.7. The van der Waals surface area contributed by atoms with Crippen molar-refractivity contribution in [1.29, 1.82) is 0 Å². The van der Waals surface area contributed by atoms with Crippen LogP contribution < -0.4 is 10.4 Å². The van der Waals surface area contributed by atoms with Crippen molar-refractivity contribution >= 4 is 16.7 Å². The Morgan fingerprint density at radius 1 is 1.26 bits per heavy atom. The van der Waals surface area contributed by atoms with E-state index >= 15 is 0 Å². The molecule has 116 valence electrons. The van der Waals surface area contributed by atoms with Gasteiger partial charge in [-0.2, -0.15) is 0 Å². The number of aryl methyl sites for hydroxylation is 1. The monoisotopic (exact) mass is 312 g/mol. The van der Waals surface area contributed by atoms with Crippen LogP contribution in [0.1, 0.15) is 12.5 Å². The molecule has 0 N–H and O–H groups in total. The highest BCUT2D eigenvalue weighted by Crippen LogP contribution is 2.26. The minimum atomic E-state index is -0.534. The second-order valence-corrected chi connectivity index (χ2v) is 4.82. The molecule has 0 unspecified atom stereocenters. The van der Waals surface area contributed by atoms with Crippen molar-refractivity contribution in [1.82, 2.24) is 4.98 Å². The lowest BCUT2D eigenvalue weighted by molar-refractivity contribution is -0.385. The predicted molar refractivity (Wildman–Crippen MR) is 82.8 cm³/mol. The Hall–Kier alpha value is -3.22. The summed E-state index contributed by atoms with van der Waals surface area (Å²) in [7, 11) is 0. The van der Waals surface area contributed by atoms with Gasteiger partial charge in [0.1, 0.15) is 17.5 Å². The van der Waals surface area contributed by atoms with Crippen LogP contribution in [0.4, 0.5) is 5.69 Å². The Bertz CT molecular complexity index is 931. The van der Waals surface area contributed by atoms with Gasteiger partial charge >= 0.3 is 5.63 Å². The maximum absolute atomic E-state index is 11.6. The number of aromatic nitrogens is 1. The smallest absolute Gasteiger partial charge is 0.336 e. The van der Waals surface area contributed by atoms with Crippen LogP contribution in [0.25, 0.3) is 11.0 Å². The van der Waals surface area contributed by atoms with Gasteiger partial charge in [-0.05, 0) is 24.1 Å². The standard InChI is InChI=1S/C16H12N2O5/c1-2-10-7-16(19)23-14-8-12(4-5-13(10)14)22-15-6-3-11(9-17-15)18(20)21/h3-9H,2H2,1H3. The number of rotatable bonds is 4. The fourth-order valence-electron chi connectivity index (χ4n) is 2.23. The van der Waals surface area contributed by atoms with Crippen molar-refractivity contribution in [3.63, 3.8) is 0 Å². The number of hydrogen-bond donors (Lipinski definition) is 0. The summed E-state index contributed by atoms with van der Waals surface area (Å²) in [5, 5.41) is 11.4. The van der Waals surface area contributed by atoms with Crippen LogP contribution in [0.3, 0.4) is 0 Å². The summed E-state index contributed by atoms with van der Waals surface area (Å²) in [5.41, 5.74) is 0.791. The minimum absolute atomic E-state index is 0.116. The second kappa shape index (κ2) is 5.88. The number of benzene rings is 1. The van der Waals surface area contributed by atoms with Crippen molar-refractivity contribution in [3.8, 4) is 11.6 Å². The van der Waals surface area contributed by atoms with Gasteiger partial charge in [-0.1, -0.05) is 6.92 Å². The molecular weight excluding hydrogens is 300 g/mol. The summed E-state index contributed by atoms with van der Waals surface area (Å²) in [4.78, 5) is 25.5. The van der Waals surface area contributed by atoms with Gasteiger partial charge in [-0.3, -0.25) is 10.1 Å². The number of pyridine rings is 1. The number of ether oxygens (including phenoxy) is 1. The van der Waals surface area contributed by atoms with Crippen molar-refractivity contribution in [2.75, 3.05) is 0 Å². The van der Waals surface area contributed by atoms with Crippen LogP contribution in [-0.4, -0.2) is 9.91 Å². The van der Waals surface area contributed by atoms with Crippen LogP contribution in [0.5, 0.6) is 11.6 Å². The van der Waals surface area contributed by atoms with Gasteiger partial charge in [0.05, 0.1) is 4.92 Å². The van der Waals surface area contributed by atoms with Gasteiger partial charge in [-0.15, -0.1) is 0 Å². The molecule has 3 aromatic rings.